The van der Waals surface area contributed by atoms with Crippen LogP contribution in [0.25, 0.3) is 0 Å². The van der Waals surface area contributed by atoms with Crippen LogP contribution in [0.3, 0.4) is 0 Å². The van der Waals surface area contributed by atoms with E-state index in [-0.39, 0.29) is 19.1 Å². The number of rotatable bonds is 5. The molecule has 0 heterocycles. The SMILES string of the molecule is CC(C)(C)OC(=O)NCC(CO)Cc1ccc(C(F)(F)F)cc1. The highest BCUT2D eigenvalue weighted by Gasteiger charge is 2.30. The molecule has 0 fully saturated rings. The lowest BCUT2D eigenvalue weighted by Crippen LogP contribution is -2.36. The van der Waals surface area contributed by atoms with Crippen molar-refractivity contribution in [1.82, 2.24) is 5.32 Å². The second kappa shape index (κ2) is 7.68. The number of alkyl carbamates (subject to hydrolysis) is 1. The van der Waals surface area contributed by atoms with Crippen molar-refractivity contribution in [3.63, 3.8) is 0 Å². The van der Waals surface area contributed by atoms with E-state index in [0.717, 1.165) is 12.1 Å². The first-order chi connectivity index (χ1) is 10.5. The summed E-state index contributed by atoms with van der Waals surface area (Å²) in [5.41, 5.74) is -0.677. The number of ether oxygens (including phenoxy) is 1. The topological polar surface area (TPSA) is 58.6 Å². The summed E-state index contributed by atoms with van der Waals surface area (Å²) >= 11 is 0. The van der Waals surface area contributed by atoms with Gasteiger partial charge in [-0.2, -0.15) is 13.2 Å². The first-order valence-corrected chi connectivity index (χ1v) is 7.25. The van der Waals surface area contributed by atoms with Crippen LogP contribution in [0.2, 0.25) is 0 Å². The molecule has 1 unspecified atom stereocenters. The number of nitrogens with one attached hydrogen (secondary N) is 1. The molecule has 0 aromatic heterocycles. The zero-order chi connectivity index (χ0) is 17.7. The third-order valence-electron chi connectivity index (χ3n) is 3.00. The Kier molecular flexibility index (Phi) is 6.44. The number of aliphatic hydroxyl groups excluding tert-OH is 1. The Balaban J connectivity index is 2.55. The van der Waals surface area contributed by atoms with Crippen LogP contribution in [0.4, 0.5) is 18.0 Å². The molecule has 0 radical (unpaired) electrons. The highest BCUT2D eigenvalue weighted by molar-refractivity contribution is 5.67. The Morgan fingerprint density at radius 2 is 1.78 bits per heavy atom. The van der Waals surface area contributed by atoms with Gasteiger partial charge in [0, 0.05) is 19.1 Å². The Hall–Kier alpha value is -1.76. The van der Waals surface area contributed by atoms with Gasteiger partial charge in [-0.3, -0.25) is 0 Å². The highest BCUT2D eigenvalue weighted by Crippen LogP contribution is 2.29. The molecule has 1 amide bonds. The molecule has 0 bridgehead atoms. The molecule has 7 heteroatoms. The van der Waals surface area contributed by atoms with Gasteiger partial charge >= 0.3 is 12.3 Å². The number of hydrogen-bond acceptors (Lipinski definition) is 3. The quantitative estimate of drug-likeness (QED) is 0.868. The van der Waals surface area contributed by atoms with Gasteiger partial charge in [0.2, 0.25) is 0 Å². The van der Waals surface area contributed by atoms with Gasteiger partial charge in [-0.1, -0.05) is 12.1 Å². The molecule has 4 nitrogen and oxygen atoms in total. The fraction of sp³-hybridized carbons (Fsp3) is 0.562. The van der Waals surface area contributed by atoms with Crippen LogP contribution in [0.1, 0.15) is 31.9 Å². The number of carbonyl (C=O) groups is 1. The van der Waals surface area contributed by atoms with Gasteiger partial charge in [0.1, 0.15) is 5.60 Å². The van der Waals surface area contributed by atoms with Gasteiger partial charge in [-0.05, 0) is 44.9 Å². The van der Waals surface area contributed by atoms with Crippen molar-refractivity contribution in [2.75, 3.05) is 13.2 Å². The van der Waals surface area contributed by atoms with Crippen molar-refractivity contribution in [3.8, 4) is 0 Å². The number of aliphatic hydroxyl groups is 1. The van der Waals surface area contributed by atoms with Gasteiger partial charge in [0.05, 0.1) is 5.56 Å². The first kappa shape index (κ1) is 19.3. The number of hydrogen-bond donors (Lipinski definition) is 2. The molecule has 0 saturated heterocycles. The molecule has 1 aromatic carbocycles. The number of benzene rings is 1. The van der Waals surface area contributed by atoms with E-state index in [1.165, 1.54) is 12.1 Å². The Labute approximate surface area is 133 Å². The van der Waals surface area contributed by atoms with E-state index in [0.29, 0.717) is 12.0 Å². The van der Waals surface area contributed by atoms with E-state index in [9.17, 15) is 23.1 Å². The van der Waals surface area contributed by atoms with Gasteiger partial charge in [0.25, 0.3) is 0 Å². The predicted octanol–water partition coefficient (Wildman–Crippen LogP) is 3.38. The molecule has 130 valence electrons. The first-order valence-electron chi connectivity index (χ1n) is 7.25. The maximum absolute atomic E-state index is 12.5. The summed E-state index contributed by atoms with van der Waals surface area (Å²) in [7, 11) is 0. The Bertz CT molecular complexity index is 507. The van der Waals surface area contributed by atoms with E-state index < -0.39 is 23.4 Å². The second-order valence-electron chi connectivity index (χ2n) is 6.33. The van der Waals surface area contributed by atoms with Crippen molar-refractivity contribution in [3.05, 3.63) is 35.4 Å². The highest BCUT2D eigenvalue weighted by atomic mass is 19.4. The number of carbonyl (C=O) groups excluding carboxylic acids is 1. The minimum absolute atomic E-state index is 0.173. The lowest BCUT2D eigenvalue weighted by atomic mass is 9.99. The predicted molar refractivity (Wildman–Crippen MR) is 80.0 cm³/mol. The van der Waals surface area contributed by atoms with Crippen molar-refractivity contribution in [2.24, 2.45) is 5.92 Å². The smallest absolute Gasteiger partial charge is 0.416 e. The summed E-state index contributed by atoms with van der Waals surface area (Å²) < 4.78 is 42.6. The van der Waals surface area contributed by atoms with Gasteiger partial charge in [-0.15, -0.1) is 0 Å². The maximum atomic E-state index is 12.5. The minimum atomic E-state index is -4.37. The molecular weight excluding hydrogens is 311 g/mol. The summed E-state index contributed by atoms with van der Waals surface area (Å²) in [6.45, 7) is 5.18. The normalized spacial score (nSPS) is 13.5. The van der Waals surface area contributed by atoms with E-state index in [1.807, 2.05) is 0 Å². The summed E-state index contributed by atoms with van der Waals surface area (Å²) in [6, 6.07) is 4.76. The average Bonchev–Trinajstić information content (AvgIpc) is 2.41. The minimum Gasteiger partial charge on any atom is -0.444 e. The van der Waals surface area contributed by atoms with E-state index >= 15 is 0 Å². The zero-order valence-electron chi connectivity index (χ0n) is 13.4. The summed E-state index contributed by atoms with van der Waals surface area (Å²) in [6.07, 6.45) is -4.61. The molecule has 1 atom stereocenters. The van der Waals surface area contributed by atoms with Crippen molar-refractivity contribution < 1.29 is 27.8 Å². The Morgan fingerprint density at radius 1 is 1.22 bits per heavy atom. The van der Waals surface area contributed by atoms with E-state index in [4.69, 9.17) is 4.74 Å². The van der Waals surface area contributed by atoms with Crippen LogP contribution < -0.4 is 5.32 Å². The van der Waals surface area contributed by atoms with Crippen LogP contribution in [-0.4, -0.2) is 30.0 Å². The molecule has 0 aliphatic carbocycles. The molecule has 0 aliphatic heterocycles. The molecule has 1 aromatic rings. The summed E-state index contributed by atoms with van der Waals surface area (Å²) in [5.74, 6) is -0.306. The third-order valence-corrected chi connectivity index (χ3v) is 3.00. The van der Waals surface area contributed by atoms with Gasteiger partial charge in [0.15, 0.2) is 0 Å². The monoisotopic (exact) mass is 333 g/mol. The van der Waals surface area contributed by atoms with E-state index in [1.54, 1.807) is 20.8 Å². The van der Waals surface area contributed by atoms with Crippen LogP contribution in [0.15, 0.2) is 24.3 Å². The molecule has 0 spiro atoms. The van der Waals surface area contributed by atoms with Gasteiger partial charge in [-0.25, -0.2) is 4.79 Å². The molecular formula is C16H22F3NO3. The number of amides is 1. The number of alkyl halides is 3. The lowest BCUT2D eigenvalue weighted by molar-refractivity contribution is -0.137. The standard InChI is InChI=1S/C16H22F3NO3/c1-15(2,3)23-14(22)20-9-12(10-21)8-11-4-6-13(7-5-11)16(17,18)19/h4-7,12,21H,8-10H2,1-3H3,(H,20,22). The van der Waals surface area contributed by atoms with Crippen LogP contribution in [-0.2, 0) is 17.3 Å². The van der Waals surface area contributed by atoms with Crippen LogP contribution in [0.5, 0.6) is 0 Å². The average molecular weight is 333 g/mol. The van der Waals surface area contributed by atoms with Crippen molar-refractivity contribution >= 4 is 6.09 Å². The van der Waals surface area contributed by atoms with Crippen molar-refractivity contribution in [1.29, 1.82) is 0 Å². The molecule has 1 rings (SSSR count). The largest absolute Gasteiger partial charge is 0.444 e. The summed E-state index contributed by atoms with van der Waals surface area (Å²) in [5, 5.41) is 11.9. The number of halogens is 3. The van der Waals surface area contributed by atoms with Gasteiger partial charge < -0.3 is 15.2 Å². The Morgan fingerprint density at radius 3 is 2.22 bits per heavy atom. The molecule has 0 aliphatic rings. The fourth-order valence-corrected chi connectivity index (χ4v) is 1.91. The van der Waals surface area contributed by atoms with Crippen LogP contribution >= 0.6 is 0 Å². The van der Waals surface area contributed by atoms with E-state index in [2.05, 4.69) is 5.32 Å². The second-order valence-corrected chi connectivity index (χ2v) is 6.33. The third kappa shape index (κ3) is 7.36. The fourth-order valence-electron chi connectivity index (χ4n) is 1.91. The maximum Gasteiger partial charge on any atom is 0.416 e. The van der Waals surface area contributed by atoms with Crippen LogP contribution in [0, 0.1) is 5.92 Å². The van der Waals surface area contributed by atoms with Crippen molar-refractivity contribution in [2.45, 2.75) is 39.0 Å². The molecule has 23 heavy (non-hydrogen) atoms. The summed E-state index contributed by atoms with van der Waals surface area (Å²) in [4.78, 5) is 11.5. The zero-order valence-corrected chi connectivity index (χ0v) is 13.4. The lowest BCUT2D eigenvalue weighted by Gasteiger charge is -2.21. The molecule has 0 saturated carbocycles. The molecule has 2 N–H and O–H groups in total.